The van der Waals surface area contributed by atoms with E-state index in [2.05, 4.69) is 4.74 Å². The molecule has 0 saturated carbocycles. The summed E-state index contributed by atoms with van der Waals surface area (Å²) in [5.74, 6) is -6.21. The maximum Gasteiger partial charge on any atom is 0.377 e. The number of carboxylic acid groups (broad SMARTS) is 1. The fraction of sp³-hybridized carbons (Fsp3) is 0.417. The van der Waals surface area contributed by atoms with E-state index in [1.54, 1.807) is 18.2 Å². The third-order valence-corrected chi connectivity index (χ3v) is 2.29. The van der Waals surface area contributed by atoms with Crippen LogP contribution in [0.5, 0.6) is 0 Å². The number of carboxylic acids is 1. The van der Waals surface area contributed by atoms with Gasteiger partial charge in [0, 0.05) is 7.11 Å². The van der Waals surface area contributed by atoms with E-state index in [9.17, 15) is 13.6 Å². The van der Waals surface area contributed by atoms with Crippen LogP contribution in [-0.2, 0) is 14.3 Å². The van der Waals surface area contributed by atoms with Crippen molar-refractivity contribution in [2.24, 2.45) is 0 Å². The first-order valence-corrected chi connectivity index (χ1v) is 5.27. The van der Waals surface area contributed by atoms with Gasteiger partial charge in [0.2, 0.25) is 0 Å². The van der Waals surface area contributed by atoms with Crippen LogP contribution in [0.2, 0.25) is 0 Å². The summed E-state index contributed by atoms with van der Waals surface area (Å²) in [5, 5.41) is 8.57. The van der Waals surface area contributed by atoms with Crippen molar-refractivity contribution in [3.05, 3.63) is 35.9 Å². The quantitative estimate of drug-likeness (QED) is 0.763. The largest absolute Gasteiger partial charge is 0.477 e. The lowest BCUT2D eigenvalue weighted by molar-refractivity contribution is -0.191. The van der Waals surface area contributed by atoms with E-state index in [1.807, 2.05) is 0 Å². The first kappa shape index (κ1) is 14.5. The van der Waals surface area contributed by atoms with E-state index in [0.717, 1.165) is 0 Å². The molecule has 0 aliphatic carbocycles. The van der Waals surface area contributed by atoms with Crippen molar-refractivity contribution in [1.29, 1.82) is 0 Å². The summed E-state index contributed by atoms with van der Waals surface area (Å²) < 4.78 is 36.7. The topological polar surface area (TPSA) is 55.8 Å². The molecule has 0 heterocycles. The average Bonchev–Trinajstić information content (AvgIpc) is 2.35. The highest BCUT2D eigenvalue weighted by atomic mass is 19.3. The molecule has 1 unspecified atom stereocenters. The van der Waals surface area contributed by atoms with E-state index in [4.69, 9.17) is 9.84 Å². The molecule has 1 aromatic rings. The van der Waals surface area contributed by atoms with Crippen molar-refractivity contribution in [3.8, 4) is 0 Å². The molecule has 1 rings (SSSR count). The standard InChI is InChI=1S/C12H14F2O4/c1-17-7-8-18-10(12(13,14)11(15)16)9-5-3-2-4-6-9/h2-6,10H,7-8H2,1H3,(H,15,16). The molecular weight excluding hydrogens is 246 g/mol. The molecule has 1 N–H and O–H groups in total. The Morgan fingerprint density at radius 1 is 1.33 bits per heavy atom. The molecule has 18 heavy (non-hydrogen) atoms. The van der Waals surface area contributed by atoms with Gasteiger partial charge in [-0.05, 0) is 5.56 Å². The molecule has 1 atom stereocenters. The Bertz CT molecular complexity index is 381. The first-order valence-electron chi connectivity index (χ1n) is 5.27. The van der Waals surface area contributed by atoms with Gasteiger partial charge in [-0.15, -0.1) is 0 Å². The van der Waals surface area contributed by atoms with Crippen LogP contribution in [0, 0.1) is 0 Å². The normalized spacial score (nSPS) is 13.3. The zero-order valence-electron chi connectivity index (χ0n) is 9.81. The fourth-order valence-electron chi connectivity index (χ4n) is 1.40. The Kier molecular flexibility index (Phi) is 5.18. The average molecular weight is 260 g/mol. The second kappa shape index (κ2) is 6.42. The number of methoxy groups -OCH3 is 1. The highest BCUT2D eigenvalue weighted by Gasteiger charge is 2.49. The number of alkyl halides is 2. The fourth-order valence-corrected chi connectivity index (χ4v) is 1.40. The van der Waals surface area contributed by atoms with Gasteiger partial charge >= 0.3 is 11.9 Å². The number of ether oxygens (including phenoxy) is 2. The molecule has 0 aliphatic heterocycles. The molecule has 100 valence electrons. The number of hydrogen-bond acceptors (Lipinski definition) is 3. The summed E-state index contributed by atoms with van der Waals surface area (Å²) in [6.07, 6.45) is -1.83. The van der Waals surface area contributed by atoms with Gasteiger partial charge in [0.15, 0.2) is 6.10 Å². The van der Waals surface area contributed by atoms with E-state index >= 15 is 0 Å². The van der Waals surface area contributed by atoms with Crippen molar-refractivity contribution in [1.82, 2.24) is 0 Å². The highest BCUT2D eigenvalue weighted by molar-refractivity contribution is 5.76. The molecule has 0 aromatic heterocycles. The molecule has 0 fully saturated rings. The van der Waals surface area contributed by atoms with Gasteiger partial charge < -0.3 is 14.6 Å². The van der Waals surface area contributed by atoms with Crippen LogP contribution < -0.4 is 0 Å². The molecule has 0 radical (unpaired) electrons. The summed E-state index contributed by atoms with van der Waals surface area (Å²) in [7, 11) is 1.40. The zero-order chi connectivity index (χ0) is 13.6. The Labute approximate surface area is 103 Å². The minimum atomic E-state index is -3.99. The van der Waals surface area contributed by atoms with E-state index in [-0.39, 0.29) is 18.8 Å². The molecule has 1 aromatic carbocycles. The Hall–Kier alpha value is -1.53. The van der Waals surface area contributed by atoms with Gasteiger partial charge in [0.05, 0.1) is 13.2 Å². The number of benzene rings is 1. The van der Waals surface area contributed by atoms with E-state index in [1.165, 1.54) is 19.2 Å². The smallest absolute Gasteiger partial charge is 0.377 e. The maximum atomic E-state index is 13.6. The number of halogens is 2. The number of carbonyl (C=O) groups is 1. The summed E-state index contributed by atoms with van der Waals surface area (Å²) in [4.78, 5) is 10.6. The van der Waals surface area contributed by atoms with Crippen LogP contribution >= 0.6 is 0 Å². The summed E-state index contributed by atoms with van der Waals surface area (Å²) in [5.41, 5.74) is 0.112. The molecule has 0 amide bonds. The monoisotopic (exact) mass is 260 g/mol. The van der Waals surface area contributed by atoms with Crippen LogP contribution in [0.25, 0.3) is 0 Å². The molecule has 0 bridgehead atoms. The summed E-state index contributed by atoms with van der Waals surface area (Å²) >= 11 is 0. The Balaban J connectivity index is 2.92. The minimum absolute atomic E-state index is 0.110. The molecule has 4 nitrogen and oxygen atoms in total. The van der Waals surface area contributed by atoms with Gasteiger partial charge in [-0.2, -0.15) is 8.78 Å². The maximum absolute atomic E-state index is 13.6. The van der Waals surface area contributed by atoms with Crippen LogP contribution in [0.15, 0.2) is 30.3 Å². The van der Waals surface area contributed by atoms with Crippen molar-refractivity contribution < 1.29 is 28.2 Å². The van der Waals surface area contributed by atoms with Crippen molar-refractivity contribution in [2.45, 2.75) is 12.0 Å². The van der Waals surface area contributed by atoms with Gasteiger partial charge in [-0.3, -0.25) is 0 Å². The van der Waals surface area contributed by atoms with E-state index < -0.39 is 18.0 Å². The second-order valence-corrected chi connectivity index (χ2v) is 3.58. The number of aliphatic carboxylic acids is 1. The highest BCUT2D eigenvalue weighted by Crippen LogP contribution is 2.34. The van der Waals surface area contributed by atoms with Crippen LogP contribution in [0.4, 0.5) is 8.78 Å². The van der Waals surface area contributed by atoms with Crippen LogP contribution in [0.3, 0.4) is 0 Å². The first-order chi connectivity index (χ1) is 8.50. The van der Waals surface area contributed by atoms with Gasteiger partial charge in [-0.1, -0.05) is 30.3 Å². The van der Waals surface area contributed by atoms with Gasteiger partial charge in [-0.25, -0.2) is 4.79 Å². The second-order valence-electron chi connectivity index (χ2n) is 3.58. The third-order valence-electron chi connectivity index (χ3n) is 2.29. The molecule has 0 saturated heterocycles. The van der Waals surface area contributed by atoms with Crippen LogP contribution in [0.1, 0.15) is 11.7 Å². The zero-order valence-corrected chi connectivity index (χ0v) is 9.81. The minimum Gasteiger partial charge on any atom is -0.477 e. The van der Waals surface area contributed by atoms with Gasteiger partial charge in [0.1, 0.15) is 0 Å². The van der Waals surface area contributed by atoms with E-state index in [0.29, 0.717) is 0 Å². The summed E-state index contributed by atoms with van der Waals surface area (Å²) in [6.45, 7) is -0.00202. The predicted octanol–water partition coefficient (Wildman–Crippen LogP) is 2.11. The number of rotatable bonds is 7. The SMILES string of the molecule is COCCOC(c1ccccc1)C(F)(F)C(=O)O. The lowest BCUT2D eigenvalue weighted by Crippen LogP contribution is -2.37. The lowest BCUT2D eigenvalue weighted by Gasteiger charge is -2.24. The predicted molar refractivity (Wildman–Crippen MR) is 59.6 cm³/mol. The van der Waals surface area contributed by atoms with Crippen LogP contribution in [-0.4, -0.2) is 37.3 Å². The molecule has 6 heteroatoms. The summed E-state index contributed by atoms with van der Waals surface area (Å²) in [6, 6.07) is 7.52. The number of hydrogen-bond donors (Lipinski definition) is 1. The third kappa shape index (κ3) is 3.48. The molecular formula is C12H14F2O4. The van der Waals surface area contributed by atoms with Crippen molar-refractivity contribution in [3.63, 3.8) is 0 Å². The Morgan fingerprint density at radius 2 is 1.94 bits per heavy atom. The Morgan fingerprint density at radius 3 is 2.44 bits per heavy atom. The molecule has 0 spiro atoms. The van der Waals surface area contributed by atoms with Crippen molar-refractivity contribution >= 4 is 5.97 Å². The van der Waals surface area contributed by atoms with Gasteiger partial charge in [0.25, 0.3) is 0 Å². The molecule has 0 aliphatic rings. The lowest BCUT2D eigenvalue weighted by atomic mass is 10.0. The van der Waals surface area contributed by atoms with Crippen molar-refractivity contribution in [2.75, 3.05) is 20.3 Å².